The van der Waals surface area contributed by atoms with Crippen molar-refractivity contribution in [1.29, 1.82) is 0 Å². The summed E-state index contributed by atoms with van der Waals surface area (Å²) in [7, 11) is -4.99. The molecule has 3 heterocycles. The van der Waals surface area contributed by atoms with E-state index >= 15 is 0 Å². The number of nitrogen functional groups attached to an aromatic ring is 1. The molecule has 0 radical (unpaired) electrons. The number of β-lactam (4-membered cyclic amide) rings is 1. The lowest BCUT2D eigenvalue weighted by Crippen LogP contribution is -2.73. The van der Waals surface area contributed by atoms with Gasteiger partial charge in [-0.1, -0.05) is 5.16 Å². The third-order valence-corrected chi connectivity index (χ3v) is 6.33. The van der Waals surface area contributed by atoms with Crippen molar-refractivity contribution in [1.82, 2.24) is 34.8 Å². The molecule has 0 aromatic carbocycles. The molecule has 3 rings (SSSR count). The third-order valence-electron chi connectivity index (χ3n) is 4.71. The Kier molecular flexibility index (Phi) is 7.01. The molecule has 0 aliphatic carbocycles. The van der Waals surface area contributed by atoms with Gasteiger partial charge in [-0.25, -0.2) is 18.8 Å². The number of tetrazole rings is 1. The smallest absolute Gasteiger partial charge is 0.362 e. The number of nitrogens with two attached hydrogens (primary N) is 2. The minimum atomic E-state index is -4.99. The normalized spacial score (nSPS) is 18.8. The monoisotopic (exact) mass is 532 g/mol. The summed E-state index contributed by atoms with van der Waals surface area (Å²) in [4.78, 5) is 45.7. The lowest BCUT2D eigenvalue weighted by molar-refractivity contribution is -0.161. The summed E-state index contributed by atoms with van der Waals surface area (Å²) >= 11 is 0.949. The first kappa shape index (κ1) is 25.9. The topological polar surface area (TPSA) is 271 Å². The van der Waals surface area contributed by atoms with E-state index in [1.54, 1.807) is 0 Å². The molecule has 7 N–H and O–H groups in total. The van der Waals surface area contributed by atoms with Crippen molar-refractivity contribution in [2.24, 2.45) is 10.9 Å². The first-order valence-corrected chi connectivity index (χ1v) is 11.8. The number of carboxylic acids is 1. The van der Waals surface area contributed by atoms with Crippen molar-refractivity contribution in [3.63, 3.8) is 0 Å². The second kappa shape index (κ2) is 9.48. The highest BCUT2D eigenvalue weighted by atomic mass is 32.2. The van der Waals surface area contributed by atoms with E-state index in [0.717, 1.165) is 16.0 Å². The van der Waals surface area contributed by atoms with Gasteiger partial charge in [-0.3, -0.25) is 14.1 Å². The molecule has 2 aromatic heterocycles. The SMILES string of the molecule is CC(C)(O/N=C(\C(=O)NC1C(=O)N(S(=O)(=O)O)C1Cn1nnnc1CN)c1csc(N)n1)C(=O)O. The maximum Gasteiger partial charge on any atom is 0.362 e. The molecule has 1 saturated heterocycles. The number of aliphatic carboxylic acids is 1. The molecule has 20 heteroatoms. The van der Waals surface area contributed by atoms with Crippen molar-refractivity contribution < 1.29 is 37.3 Å². The molecule has 2 aromatic rings. The molecule has 0 saturated carbocycles. The molecule has 2 amide bonds. The van der Waals surface area contributed by atoms with Crippen LogP contribution in [0.5, 0.6) is 0 Å². The van der Waals surface area contributed by atoms with Gasteiger partial charge in [0.25, 0.3) is 11.8 Å². The van der Waals surface area contributed by atoms with Crippen molar-refractivity contribution in [2.75, 3.05) is 5.73 Å². The average Bonchev–Trinajstić information content (AvgIpc) is 3.39. The highest BCUT2D eigenvalue weighted by molar-refractivity contribution is 7.84. The fourth-order valence-corrected chi connectivity index (χ4v) is 4.26. The third kappa shape index (κ3) is 5.34. The summed E-state index contributed by atoms with van der Waals surface area (Å²) in [5, 5.41) is 27.2. The van der Waals surface area contributed by atoms with Gasteiger partial charge in [0.2, 0.25) is 5.60 Å². The van der Waals surface area contributed by atoms with Crippen LogP contribution in [0.15, 0.2) is 10.5 Å². The first-order valence-electron chi connectivity index (χ1n) is 9.54. The fraction of sp³-hybridized carbons (Fsp3) is 0.467. The minimum Gasteiger partial charge on any atom is -0.478 e. The standard InChI is InChI=1S/C15H20N10O8S2/c1-15(2,13(28)29)33-21-9(6-5-34-14(17)18-6)11(26)19-10-7(25(12(10)27)35(30,31)32)4-24-8(3-16)20-22-23-24/h5,7,10H,3-4,16H2,1-2H3,(H2,17,18)(H,19,26)(H,28,29)(H,30,31,32)/b21-9-. The van der Waals surface area contributed by atoms with E-state index in [-0.39, 0.29) is 34.0 Å². The number of anilines is 1. The van der Waals surface area contributed by atoms with Crippen LogP contribution in [0, 0.1) is 0 Å². The van der Waals surface area contributed by atoms with Crippen LogP contribution in [-0.4, -0.2) is 88.8 Å². The molecule has 0 bridgehead atoms. The van der Waals surface area contributed by atoms with Crippen molar-refractivity contribution >= 4 is 50.3 Å². The van der Waals surface area contributed by atoms with E-state index < -0.39 is 51.5 Å². The predicted octanol–water partition coefficient (Wildman–Crippen LogP) is -3.05. The van der Waals surface area contributed by atoms with Gasteiger partial charge < -0.3 is 26.7 Å². The van der Waals surface area contributed by atoms with Gasteiger partial charge in [-0.05, 0) is 24.3 Å². The summed E-state index contributed by atoms with van der Waals surface area (Å²) < 4.78 is 34.2. The number of hydrogen-bond acceptors (Lipinski definition) is 14. The van der Waals surface area contributed by atoms with Crippen LogP contribution in [-0.2, 0) is 42.6 Å². The van der Waals surface area contributed by atoms with Crippen LogP contribution in [0.3, 0.4) is 0 Å². The fourth-order valence-electron chi connectivity index (χ4n) is 2.84. The van der Waals surface area contributed by atoms with E-state index in [9.17, 15) is 32.5 Å². The second-order valence-corrected chi connectivity index (χ2v) is 9.71. The Labute approximate surface area is 200 Å². The highest BCUT2D eigenvalue weighted by Gasteiger charge is 2.54. The molecule has 190 valence electrons. The Bertz CT molecular complexity index is 1290. The summed E-state index contributed by atoms with van der Waals surface area (Å²) in [6.45, 7) is 1.89. The van der Waals surface area contributed by atoms with Crippen LogP contribution in [0.4, 0.5) is 5.13 Å². The first-order chi connectivity index (χ1) is 16.3. The Balaban J connectivity index is 1.90. The van der Waals surface area contributed by atoms with Crippen LogP contribution < -0.4 is 16.8 Å². The van der Waals surface area contributed by atoms with Crippen molar-refractivity contribution in [2.45, 2.75) is 44.6 Å². The van der Waals surface area contributed by atoms with Crippen LogP contribution in [0.2, 0.25) is 0 Å². The summed E-state index contributed by atoms with van der Waals surface area (Å²) in [5.74, 6) is -3.45. The number of aromatic nitrogens is 5. The van der Waals surface area contributed by atoms with Crippen LogP contribution in [0.25, 0.3) is 0 Å². The molecule has 35 heavy (non-hydrogen) atoms. The van der Waals surface area contributed by atoms with Gasteiger partial charge in [0.15, 0.2) is 16.7 Å². The van der Waals surface area contributed by atoms with E-state index in [1.807, 2.05) is 0 Å². The average molecular weight is 533 g/mol. The molecular formula is C15H20N10O8S2. The molecule has 0 spiro atoms. The van der Waals surface area contributed by atoms with Crippen LogP contribution >= 0.6 is 11.3 Å². The number of hydrogen-bond donors (Lipinski definition) is 5. The Morgan fingerprint density at radius 2 is 2.09 bits per heavy atom. The summed E-state index contributed by atoms with van der Waals surface area (Å²) in [6.07, 6.45) is 0. The number of rotatable bonds is 10. The van der Waals surface area contributed by atoms with E-state index in [0.29, 0.717) is 0 Å². The quantitative estimate of drug-likeness (QED) is 0.0880. The maximum atomic E-state index is 13.0. The number of carbonyl (C=O) groups is 3. The molecule has 18 nitrogen and oxygen atoms in total. The van der Waals surface area contributed by atoms with Gasteiger partial charge in [0.05, 0.1) is 19.1 Å². The summed E-state index contributed by atoms with van der Waals surface area (Å²) in [5.41, 5.74) is 8.66. The summed E-state index contributed by atoms with van der Waals surface area (Å²) in [6, 6.07) is -2.82. The molecule has 1 aliphatic heterocycles. The minimum absolute atomic E-state index is 0.0566. The van der Waals surface area contributed by atoms with Gasteiger partial charge in [-0.15, -0.1) is 16.4 Å². The zero-order valence-electron chi connectivity index (χ0n) is 18.1. The van der Waals surface area contributed by atoms with Crippen molar-refractivity contribution in [3.8, 4) is 0 Å². The Morgan fingerprint density at radius 1 is 1.40 bits per heavy atom. The van der Waals surface area contributed by atoms with E-state index in [1.165, 1.54) is 19.2 Å². The van der Waals surface area contributed by atoms with Crippen molar-refractivity contribution in [3.05, 3.63) is 16.9 Å². The van der Waals surface area contributed by atoms with Crippen LogP contribution in [0.1, 0.15) is 25.4 Å². The largest absolute Gasteiger partial charge is 0.478 e. The van der Waals surface area contributed by atoms with E-state index in [2.05, 4.69) is 31.0 Å². The molecule has 1 aliphatic rings. The number of nitrogens with zero attached hydrogens (tertiary/aromatic N) is 7. The maximum absolute atomic E-state index is 13.0. The molecule has 2 atom stereocenters. The number of thiazole rings is 1. The Hall–Kier alpha value is -3.75. The predicted molar refractivity (Wildman–Crippen MR) is 116 cm³/mol. The molecular weight excluding hydrogens is 512 g/mol. The van der Waals surface area contributed by atoms with Gasteiger partial charge in [-0.2, -0.15) is 8.42 Å². The van der Waals surface area contributed by atoms with Gasteiger partial charge >= 0.3 is 16.3 Å². The number of oxime groups is 1. The zero-order valence-corrected chi connectivity index (χ0v) is 19.7. The van der Waals surface area contributed by atoms with Gasteiger partial charge in [0.1, 0.15) is 11.7 Å². The number of carboxylic acid groups (broad SMARTS) is 1. The number of nitrogens with one attached hydrogen (secondary N) is 1. The van der Waals surface area contributed by atoms with E-state index in [4.69, 9.17) is 16.3 Å². The highest BCUT2D eigenvalue weighted by Crippen LogP contribution is 2.25. The second-order valence-electron chi connectivity index (χ2n) is 7.53. The molecule has 1 fully saturated rings. The lowest BCUT2D eigenvalue weighted by Gasteiger charge is -2.43. The zero-order chi connectivity index (χ0) is 26.1. The number of carbonyl (C=O) groups excluding carboxylic acids is 2. The Morgan fingerprint density at radius 3 is 2.63 bits per heavy atom. The van der Waals surface area contributed by atoms with Gasteiger partial charge in [0, 0.05) is 5.38 Å². The molecule has 2 unspecified atom stereocenters. The number of amides is 2. The lowest BCUT2D eigenvalue weighted by atomic mass is 9.98.